The molecule has 1 aromatic carbocycles. The van der Waals surface area contributed by atoms with Gasteiger partial charge in [0.15, 0.2) is 5.79 Å². The van der Waals surface area contributed by atoms with E-state index in [1.165, 1.54) is 5.56 Å². The summed E-state index contributed by atoms with van der Waals surface area (Å²) in [6.45, 7) is 0.926. The number of ether oxygens (including phenoxy) is 2. The smallest absolute Gasteiger partial charge is 0.187 e. The van der Waals surface area contributed by atoms with Crippen molar-refractivity contribution in [2.75, 3.05) is 13.2 Å². The Morgan fingerprint density at radius 1 is 1.36 bits per heavy atom. The van der Waals surface area contributed by atoms with E-state index in [1.54, 1.807) is 12.5 Å². The van der Waals surface area contributed by atoms with Gasteiger partial charge < -0.3 is 19.1 Å². The Bertz CT molecular complexity index is 588. The number of halogens is 1. The third-order valence-corrected chi connectivity index (χ3v) is 4.06. The molecule has 1 fully saturated rings. The van der Waals surface area contributed by atoms with Gasteiger partial charge in [0.05, 0.1) is 26.1 Å². The number of aliphatic hydroxyl groups excluding tert-OH is 1. The first kappa shape index (κ1) is 15.5. The number of imidazole rings is 1. The highest BCUT2D eigenvalue weighted by molar-refractivity contribution is 6.30. The Hall–Kier alpha value is -1.40. The van der Waals surface area contributed by atoms with Crippen molar-refractivity contribution in [1.82, 2.24) is 9.55 Å². The summed E-state index contributed by atoms with van der Waals surface area (Å²) in [4.78, 5) is 4.05. The number of rotatable bonds is 6. The van der Waals surface area contributed by atoms with Crippen molar-refractivity contribution in [3.05, 3.63) is 53.6 Å². The molecule has 2 atom stereocenters. The molecule has 2 heterocycles. The molecule has 0 amide bonds. The van der Waals surface area contributed by atoms with Gasteiger partial charge in [0.1, 0.15) is 6.10 Å². The number of aliphatic hydroxyl groups is 1. The highest BCUT2D eigenvalue weighted by atomic mass is 35.5. The molecular weight excluding hydrogens is 304 g/mol. The van der Waals surface area contributed by atoms with Crippen molar-refractivity contribution >= 4 is 11.6 Å². The third-order valence-electron chi connectivity index (χ3n) is 3.81. The average molecular weight is 323 g/mol. The molecule has 1 aromatic heterocycles. The Kier molecular flexibility index (Phi) is 4.78. The summed E-state index contributed by atoms with van der Waals surface area (Å²) in [6.07, 6.45) is 6.58. The summed E-state index contributed by atoms with van der Waals surface area (Å²) in [6, 6.07) is 7.77. The Balaban J connectivity index is 1.70. The molecule has 0 aliphatic carbocycles. The fraction of sp³-hybridized carbons (Fsp3) is 0.438. The minimum absolute atomic E-state index is 0.0351. The van der Waals surface area contributed by atoms with E-state index < -0.39 is 5.79 Å². The molecule has 1 N–H and O–H groups in total. The molecule has 2 unspecified atom stereocenters. The van der Waals surface area contributed by atoms with Crippen LogP contribution in [-0.4, -0.2) is 39.8 Å². The van der Waals surface area contributed by atoms with E-state index in [0.717, 1.165) is 11.4 Å². The highest BCUT2D eigenvalue weighted by Crippen LogP contribution is 2.30. The van der Waals surface area contributed by atoms with Gasteiger partial charge in [-0.15, -0.1) is 0 Å². The van der Waals surface area contributed by atoms with Crippen molar-refractivity contribution in [3.63, 3.8) is 0 Å². The van der Waals surface area contributed by atoms with E-state index >= 15 is 0 Å². The molecule has 5 nitrogen and oxygen atoms in total. The number of aryl methyl sites for hydroxylation is 1. The van der Waals surface area contributed by atoms with Gasteiger partial charge in [0.2, 0.25) is 0 Å². The maximum Gasteiger partial charge on any atom is 0.187 e. The predicted octanol–water partition coefficient (Wildman–Crippen LogP) is 2.27. The predicted molar refractivity (Wildman–Crippen MR) is 82.6 cm³/mol. The number of hydrogen-bond donors (Lipinski definition) is 1. The molecular formula is C16H19ClN2O3. The third kappa shape index (κ3) is 3.67. The minimum atomic E-state index is -0.728. The maximum absolute atomic E-state index is 9.30. The van der Waals surface area contributed by atoms with E-state index in [9.17, 15) is 5.11 Å². The van der Waals surface area contributed by atoms with Crippen LogP contribution in [0.15, 0.2) is 43.0 Å². The van der Waals surface area contributed by atoms with Crippen LogP contribution in [0.4, 0.5) is 0 Å². The zero-order valence-electron chi connectivity index (χ0n) is 12.2. The lowest BCUT2D eigenvalue weighted by molar-refractivity contribution is -0.185. The molecule has 0 spiro atoms. The molecule has 6 heteroatoms. The van der Waals surface area contributed by atoms with Gasteiger partial charge in [-0.3, -0.25) is 0 Å². The van der Waals surface area contributed by atoms with Crippen molar-refractivity contribution in [1.29, 1.82) is 0 Å². The average Bonchev–Trinajstić information content (AvgIpc) is 3.17. The van der Waals surface area contributed by atoms with Gasteiger partial charge >= 0.3 is 0 Å². The number of aromatic nitrogens is 2. The van der Waals surface area contributed by atoms with Crippen LogP contribution in [-0.2, 0) is 22.4 Å². The quantitative estimate of drug-likeness (QED) is 0.886. The Morgan fingerprint density at radius 2 is 2.18 bits per heavy atom. The second kappa shape index (κ2) is 6.79. The first-order chi connectivity index (χ1) is 10.7. The van der Waals surface area contributed by atoms with Gasteiger partial charge in [-0.1, -0.05) is 23.7 Å². The van der Waals surface area contributed by atoms with Gasteiger partial charge in [0.25, 0.3) is 0 Å². The zero-order valence-corrected chi connectivity index (χ0v) is 12.9. The number of nitrogens with zero attached hydrogens (tertiary/aromatic N) is 2. The van der Waals surface area contributed by atoms with Gasteiger partial charge in [-0.2, -0.15) is 0 Å². The summed E-state index contributed by atoms with van der Waals surface area (Å²) in [5.41, 5.74) is 1.18. The molecule has 0 saturated carbocycles. The minimum Gasteiger partial charge on any atom is -0.394 e. The second-order valence-corrected chi connectivity index (χ2v) is 5.94. The van der Waals surface area contributed by atoms with E-state index in [2.05, 4.69) is 4.98 Å². The van der Waals surface area contributed by atoms with E-state index in [1.807, 2.05) is 35.0 Å². The van der Waals surface area contributed by atoms with Gasteiger partial charge in [-0.05, 0) is 24.1 Å². The van der Waals surface area contributed by atoms with Crippen LogP contribution in [0.1, 0.15) is 12.0 Å². The van der Waals surface area contributed by atoms with Crippen molar-refractivity contribution in [2.24, 2.45) is 0 Å². The normalized spacial score (nSPS) is 24.7. The molecule has 1 aliphatic rings. The molecule has 22 heavy (non-hydrogen) atoms. The van der Waals surface area contributed by atoms with E-state index in [0.29, 0.717) is 19.6 Å². The lowest BCUT2D eigenvalue weighted by atomic mass is 10.0. The van der Waals surface area contributed by atoms with E-state index in [4.69, 9.17) is 21.1 Å². The van der Waals surface area contributed by atoms with Crippen molar-refractivity contribution in [3.8, 4) is 0 Å². The SMILES string of the molecule is OCC1COC(CCc2ccc(Cl)cc2)(Cn2ccnc2)O1. The maximum atomic E-state index is 9.30. The van der Waals surface area contributed by atoms with E-state index in [-0.39, 0.29) is 12.7 Å². The van der Waals surface area contributed by atoms with Crippen LogP contribution in [0.3, 0.4) is 0 Å². The fourth-order valence-electron chi connectivity index (χ4n) is 2.64. The standard InChI is InChI=1S/C16H19ClN2O3/c17-14-3-1-13(2-4-14)5-6-16(11-19-8-7-18-12-19)21-10-15(9-20)22-16/h1-4,7-8,12,15,20H,5-6,9-11H2. The molecule has 118 valence electrons. The summed E-state index contributed by atoms with van der Waals surface area (Å²) in [7, 11) is 0. The van der Waals surface area contributed by atoms with Crippen LogP contribution in [0.25, 0.3) is 0 Å². The molecule has 1 saturated heterocycles. The largest absolute Gasteiger partial charge is 0.394 e. The summed E-state index contributed by atoms with van der Waals surface area (Å²) < 4.78 is 13.8. The van der Waals surface area contributed by atoms with Crippen LogP contribution < -0.4 is 0 Å². The second-order valence-electron chi connectivity index (χ2n) is 5.51. The Morgan fingerprint density at radius 3 is 2.82 bits per heavy atom. The Labute approximate surface area is 134 Å². The van der Waals surface area contributed by atoms with Gasteiger partial charge in [0, 0.05) is 23.8 Å². The lowest BCUT2D eigenvalue weighted by Crippen LogP contribution is -2.37. The zero-order chi connectivity index (χ0) is 15.4. The molecule has 2 aromatic rings. The summed E-state index contributed by atoms with van der Waals surface area (Å²) in [5.74, 6) is -0.728. The van der Waals surface area contributed by atoms with Crippen LogP contribution in [0, 0.1) is 0 Å². The highest BCUT2D eigenvalue weighted by Gasteiger charge is 2.41. The summed E-state index contributed by atoms with van der Waals surface area (Å²) in [5, 5.41) is 10.0. The van der Waals surface area contributed by atoms with Crippen LogP contribution in [0.5, 0.6) is 0 Å². The van der Waals surface area contributed by atoms with Crippen LogP contribution in [0.2, 0.25) is 5.02 Å². The molecule has 0 bridgehead atoms. The number of benzene rings is 1. The topological polar surface area (TPSA) is 56.5 Å². The van der Waals surface area contributed by atoms with Gasteiger partial charge in [-0.25, -0.2) is 4.98 Å². The fourth-order valence-corrected chi connectivity index (χ4v) is 2.77. The first-order valence-electron chi connectivity index (χ1n) is 7.32. The first-order valence-corrected chi connectivity index (χ1v) is 7.70. The molecule has 1 aliphatic heterocycles. The number of hydrogen-bond acceptors (Lipinski definition) is 4. The van der Waals surface area contributed by atoms with Crippen LogP contribution >= 0.6 is 11.6 Å². The molecule has 0 radical (unpaired) electrons. The van der Waals surface area contributed by atoms with Crippen molar-refractivity contribution < 1.29 is 14.6 Å². The lowest BCUT2D eigenvalue weighted by Gasteiger charge is -2.28. The molecule has 3 rings (SSSR count). The summed E-state index contributed by atoms with van der Waals surface area (Å²) >= 11 is 5.91. The monoisotopic (exact) mass is 322 g/mol. The van der Waals surface area contributed by atoms with Crippen molar-refractivity contribution in [2.45, 2.75) is 31.3 Å².